The van der Waals surface area contributed by atoms with Crippen molar-refractivity contribution in [1.29, 1.82) is 0 Å². The molecule has 2 amide bonds. The van der Waals surface area contributed by atoms with Crippen LogP contribution in [-0.4, -0.2) is 23.9 Å². The molecule has 2 aromatic rings. The Hall–Kier alpha value is -2.74. The quantitative estimate of drug-likeness (QED) is 0.809. The second-order valence-corrected chi connectivity index (χ2v) is 5.94. The molecule has 0 aliphatic heterocycles. The number of amides is 2. The number of benzene rings is 1. The van der Waals surface area contributed by atoms with Crippen molar-refractivity contribution in [3.8, 4) is 0 Å². The van der Waals surface area contributed by atoms with Crippen LogP contribution in [0, 0.1) is 12.7 Å². The monoisotopic (exact) mass is 350 g/mol. The van der Waals surface area contributed by atoms with Gasteiger partial charge in [0.2, 0.25) is 0 Å². The maximum atomic E-state index is 13.2. The molecule has 0 bridgehead atoms. The predicted octanol–water partition coefficient (Wildman–Crippen LogP) is 2.48. The number of rotatable bonds is 5. The fraction of sp³-hybridized carbons (Fsp3) is 0.188. The molecule has 1 atom stereocenters. The molecular formula is C16H15FN2O4S. The first-order chi connectivity index (χ1) is 11.3. The number of esters is 1. The van der Waals surface area contributed by atoms with Crippen LogP contribution >= 0.6 is 11.3 Å². The zero-order valence-corrected chi connectivity index (χ0v) is 13.8. The Labute approximate surface area is 141 Å². The molecule has 0 aliphatic carbocycles. The number of nitrogens with two attached hydrogens (primary N) is 1. The van der Waals surface area contributed by atoms with Gasteiger partial charge in [-0.15, -0.1) is 11.3 Å². The van der Waals surface area contributed by atoms with Crippen molar-refractivity contribution in [2.45, 2.75) is 20.0 Å². The van der Waals surface area contributed by atoms with Crippen LogP contribution in [0.1, 0.15) is 33.2 Å². The number of aryl methyl sites for hydroxylation is 1. The number of ether oxygens (including phenoxy) is 1. The third-order valence-electron chi connectivity index (χ3n) is 3.24. The van der Waals surface area contributed by atoms with Gasteiger partial charge < -0.3 is 15.8 Å². The van der Waals surface area contributed by atoms with Crippen molar-refractivity contribution in [3.63, 3.8) is 0 Å². The van der Waals surface area contributed by atoms with E-state index < -0.39 is 29.7 Å². The Bertz CT molecular complexity index is 803. The van der Waals surface area contributed by atoms with Gasteiger partial charge in [-0.25, -0.2) is 9.18 Å². The van der Waals surface area contributed by atoms with Gasteiger partial charge in [0.05, 0.1) is 11.1 Å². The molecule has 1 heterocycles. The highest BCUT2D eigenvalue weighted by atomic mass is 32.1. The summed E-state index contributed by atoms with van der Waals surface area (Å²) in [6.07, 6.45) is -1.14. The van der Waals surface area contributed by atoms with E-state index >= 15 is 0 Å². The van der Waals surface area contributed by atoms with E-state index in [1.807, 2.05) is 0 Å². The molecule has 24 heavy (non-hydrogen) atoms. The molecule has 0 spiro atoms. The third kappa shape index (κ3) is 3.96. The summed E-state index contributed by atoms with van der Waals surface area (Å²) in [5, 5.41) is 4.36. The Morgan fingerprint density at radius 3 is 2.62 bits per heavy atom. The maximum absolute atomic E-state index is 13.2. The van der Waals surface area contributed by atoms with Crippen molar-refractivity contribution in [2.24, 2.45) is 5.73 Å². The number of carbonyl (C=O) groups excluding carboxylic acids is 3. The zero-order chi connectivity index (χ0) is 17.9. The van der Waals surface area contributed by atoms with Crippen LogP contribution in [0.2, 0.25) is 0 Å². The maximum Gasteiger partial charge on any atom is 0.339 e. The van der Waals surface area contributed by atoms with E-state index in [9.17, 15) is 18.8 Å². The fourth-order valence-electron chi connectivity index (χ4n) is 1.91. The Morgan fingerprint density at radius 1 is 1.25 bits per heavy atom. The van der Waals surface area contributed by atoms with Gasteiger partial charge in [0.1, 0.15) is 10.8 Å². The summed E-state index contributed by atoms with van der Waals surface area (Å²) in [5.41, 5.74) is 5.94. The number of primary amides is 1. The second-order valence-electron chi connectivity index (χ2n) is 5.02. The van der Waals surface area contributed by atoms with E-state index in [1.54, 1.807) is 12.3 Å². The third-order valence-corrected chi connectivity index (χ3v) is 4.07. The van der Waals surface area contributed by atoms with Crippen LogP contribution in [0.15, 0.2) is 29.6 Å². The highest BCUT2D eigenvalue weighted by Gasteiger charge is 2.22. The zero-order valence-electron chi connectivity index (χ0n) is 13.0. The molecule has 2 rings (SSSR count). The van der Waals surface area contributed by atoms with Crippen LogP contribution in [-0.2, 0) is 9.53 Å². The summed E-state index contributed by atoms with van der Waals surface area (Å²) in [4.78, 5) is 35.4. The molecule has 1 aromatic carbocycles. The number of hydrogen-bond acceptors (Lipinski definition) is 5. The topological polar surface area (TPSA) is 98.5 Å². The van der Waals surface area contributed by atoms with Crippen LogP contribution in [0.3, 0.4) is 0 Å². The van der Waals surface area contributed by atoms with Gasteiger partial charge in [0.15, 0.2) is 6.10 Å². The van der Waals surface area contributed by atoms with E-state index in [1.165, 1.54) is 25.1 Å². The van der Waals surface area contributed by atoms with E-state index in [-0.39, 0.29) is 16.1 Å². The van der Waals surface area contributed by atoms with Crippen molar-refractivity contribution < 1.29 is 23.5 Å². The molecule has 8 heteroatoms. The fourth-order valence-corrected chi connectivity index (χ4v) is 2.70. The smallest absolute Gasteiger partial charge is 0.339 e. The number of carbonyl (C=O) groups is 3. The molecule has 0 aliphatic rings. The first-order valence-electron chi connectivity index (χ1n) is 6.95. The molecule has 3 N–H and O–H groups in total. The van der Waals surface area contributed by atoms with Crippen molar-refractivity contribution in [3.05, 3.63) is 52.2 Å². The summed E-state index contributed by atoms with van der Waals surface area (Å²) in [7, 11) is 0. The molecular weight excluding hydrogens is 335 g/mol. The lowest BCUT2D eigenvalue weighted by Gasteiger charge is -2.14. The largest absolute Gasteiger partial charge is 0.449 e. The summed E-state index contributed by atoms with van der Waals surface area (Å²) < 4.78 is 18.3. The lowest BCUT2D eigenvalue weighted by Crippen LogP contribution is -2.30. The standard InChI is InChI=1S/C16H15FN2O4S/c1-8-3-4-10(17)7-12(8)16(22)23-9(2)14(21)19-15-11(13(18)20)5-6-24-15/h3-7,9H,1-2H3,(H2,18,20)(H,19,21)/t9-/m1/s1. The number of hydrogen-bond donors (Lipinski definition) is 2. The normalized spacial score (nSPS) is 11.6. The van der Waals surface area contributed by atoms with E-state index in [4.69, 9.17) is 10.5 Å². The molecule has 0 fully saturated rings. The SMILES string of the molecule is Cc1ccc(F)cc1C(=O)O[C@H](C)C(=O)Nc1sccc1C(N)=O. The van der Waals surface area contributed by atoms with Gasteiger partial charge in [-0.2, -0.15) is 0 Å². The highest BCUT2D eigenvalue weighted by molar-refractivity contribution is 7.14. The first kappa shape index (κ1) is 17.6. The minimum absolute atomic E-state index is 0.0450. The average Bonchev–Trinajstić information content (AvgIpc) is 2.97. The highest BCUT2D eigenvalue weighted by Crippen LogP contribution is 2.23. The van der Waals surface area contributed by atoms with Gasteiger partial charge in [-0.1, -0.05) is 6.07 Å². The number of thiophene rings is 1. The van der Waals surface area contributed by atoms with Crippen LogP contribution in [0.25, 0.3) is 0 Å². The van der Waals surface area contributed by atoms with Crippen LogP contribution in [0.5, 0.6) is 0 Å². The van der Waals surface area contributed by atoms with Crippen LogP contribution < -0.4 is 11.1 Å². The molecule has 0 saturated heterocycles. The van der Waals surface area contributed by atoms with Gasteiger partial charge in [0, 0.05) is 0 Å². The Kier molecular flexibility index (Phi) is 5.30. The molecule has 1 aromatic heterocycles. The molecule has 126 valence electrons. The van der Waals surface area contributed by atoms with Crippen molar-refractivity contribution in [2.75, 3.05) is 5.32 Å². The number of nitrogens with one attached hydrogen (secondary N) is 1. The van der Waals surface area contributed by atoms with Crippen molar-refractivity contribution in [1.82, 2.24) is 0 Å². The van der Waals surface area contributed by atoms with E-state index in [0.29, 0.717) is 5.56 Å². The summed E-state index contributed by atoms with van der Waals surface area (Å²) in [6.45, 7) is 3.00. The predicted molar refractivity (Wildman–Crippen MR) is 87.5 cm³/mol. The van der Waals surface area contributed by atoms with Gasteiger partial charge in [-0.3, -0.25) is 9.59 Å². The van der Waals surface area contributed by atoms with Gasteiger partial charge in [-0.05, 0) is 43.0 Å². The lowest BCUT2D eigenvalue weighted by atomic mass is 10.1. The number of anilines is 1. The summed E-state index contributed by atoms with van der Waals surface area (Å²) in [6, 6.07) is 5.20. The second kappa shape index (κ2) is 7.22. The molecule has 0 unspecified atom stereocenters. The summed E-state index contributed by atoms with van der Waals surface area (Å²) in [5.74, 6) is -2.68. The molecule has 6 nitrogen and oxygen atoms in total. The summed E-state index contributed by atoms with van der Waals surface area (Å²) >= 11 is 1.12. The van der Waals surface area contributed by atoms with Gasteiger partial charge in [0.25, 0.3) is 11.8 Å². The molecule has 0 saturated carbocycles. The Morgan fingerprint density at radius 2 is 1.96 bits per heavy atom. The van der Waals surface area contributed by atoms with E-state index in [2.05, 4.69) is 5.32 Å². The lowest BCUT2D eigenvalue weighted by molar-refractivity contribution is -0.123. The minimum atomic E-state index is -1.14. The number of halogens is 1. The average molecular weight is 350 g/mol. The first-order valence-corrected chi connectivity index (χ1v) is 7.83. The minimum Gasteiger partial charge on any atom is -0.449 e. The van der Waals surface area contributed by atoms with Crippen molar-refractivity contribution >= 4 is 34.1 Å². The van der Waals surface area contributed by atoms with Crippen LogP contribution in [0.4, 0.5) is 9.39 Å². The Balaban J connectivity index is 2.06. The molecule has 0 radical (unpaired) electrons. The van der Waals surface area contributed by atoms with Gasteiger partial charge >= 0.3 is 5.97 Å². The van der Waals surface area contributed by atoms with E-state index in [0.717, 1.165) is 17.4 Å².